The van der Waals surface area contributed by atoms with Gasteiger partial charge in [0.2, 0.25) is 0 Å². The third kappa shape index (κ3) is 5.99. The van der Waals surface area contributed by atoms with Crippen molar-refractivity contribution in [2.45, 2.75) is 37.8 Å². The van der Waals surface area contributed by atoms with E-state index in [4.69, 9.17) is 0 Å². The van der Waals surface area contributed by atoms with Gasteiger partial charge in [0, 0.05) is 21.8 Å². The standard InChI is InChI=1S/C33H28OS2/c1-25-12-16-27(17-13-25)33(34)24-26-14-18-28(19-15-26)35-29-20-22-32(23-21-29)36(30-8-4-2-5-9-30)31-10-6-3-7-11-31/h2-23,36H,24H2,1H3. The molecular weight excluding hydrogens is 476 g/mol. The van der Waals surface area contributed by atoms with E-state index in [1.165, 1.54) is 24.5 Å². The van der Waals surface area contributed by atoms with Gasteiger partial charge in [-0.15, -0.1) is 0 Å². The topological polar surface area (TPSA) is 17.1 Å². The molecule has 1 nitrogen and oxygen atoms in total. The molecule has 36 heavy (non-hydrogen) atoms. The van der Waals surface area contributed by atoms with Crippen LogP contribution in [0.1, 0.15) is 21.5 Å². The third-order valence-electron chi connectivity index (χ3n) is 6.02. The van der Waals surface area contributed by atoms with Crippen LogP contribution in [0.25, 0.3) is 0 Å². The maximum Gasteiger partial charge on any atom is 0.167 e. The first-order chi connectivity index (χ1) is 17.7. The third-order valence-corrected chi connectivity index (χ3v) is 9.48. The highest BCUT2D eigenvalue weighted by Gasteiger charge is 2.13. The molecule has 0 heterocycles. The minimum atomic E-state index is -0.593. The fourth-order valence-electron chi connectivity index (χ4n) is 4.10. The van der Waals surface area contributed by atoms with Crippen LogP contribution in [0.5, 0.6) is 0 Å². The van der Waals surface area contributed by atoms with Crippen molar-refractivity contribution in [1.29, 1.82) is 0 Å². The van der Waals surface area contributed by atoms with Crippen LogP contribution in [0, 0.1) is 6.92 Å². The molecule has 0 N–H and O–H groups in total. The minimum Gasteiger partial charge on any atom is -0.294 e. The zero-order valence-corrected chi connectivity index (χ0v) is 21.9. The molecule has 0 saturated carbocycles. The molecule has 0 aliphatic heterocycles. The van der Waals surface area contributed by atoms with Crippen molar-refractivity contribution in [3.8, 4) is 0 Å². The van der Waals surface area contributed by atoms with Gasteiger partial charge in [0.15, 0.2) is 5.78 Å². The number of carbonyl (C=O) groups is 1. The number of thiol groups is 1. The first-order valence-electron chi connectivity index (χ1n) is 12.0. The zero-order chi connectivity index (χ0) is 24.7. The van der Waals surface area contributed by atoms with Crippen molar-refractivity contribution < 1.29 is 4.79 Å². The summed E-state index contributed by atoms with van der Waals surface area (Å²) in [6, 6.07) is 46.7. The number of benzene rings is 5. The maximum absolute atomic E-state index is 12.6. The van der Waals surface area contributed by atoms with Crippen LogP contribution in [0.3, 0.4) is 0 Å². The highest BCUT2D eigenvalue weighted by atomic mass is 32.2. The van der Waals surface area contributed by atoms with Gasteiger partial charge in [0.1, 0.15) is 0 Å². The summed E-state index contributed by atoms with van der Waals surface area (Å²) in [6.07, 6.45) is 0.422. The second kappa shape index (κ2) is 11.5. The van der Waals surface area contributed by atoms with Crippen molar-refractivity contribution in [3.63, 3.8) is 0 Å². The molecule has 0 amide bonds. The molecule has 0 spiro atoms. The summed E-state index contributed by atoms with van der Waals surface area (Å²) in [7, 11) is -0.593. The smallest absolute Gasteiger partial charge is 0.167 e. The molecule has 0 saturated heterocycles. The molecule has 178 valence electrons. The summed E-state index contributed by atoms with van der Waals surface area (Å²) in [5.41, 5.74) is 2.97. The van der Waals surface area contributed by atoms with Gasteiger partial charge in [-0.3, -0.25) is 4.79 Å². The summed E-state index contributed by atoms with van der Waals surface area (Å²) in [6.45, 7) is 2.03. The number of hydrogen-bond acceptors (Lipinski definition) is 2. The molecule has 0 fully saturated rings. The largest absolute Gasteiger partial charge is 0.294 e. The molecule has 0 unspecified atom stereocenters. The average Bonchev–Trinajstić information content (AvgIpc) is 2.92. The lowest BCUT2D eigenvalue weighted by molar-refractivity contribution is 0.0993. The number of ketones is 1. The highest BCUT2D eigenvalue weighted by Crippen LogP contribution is 2.51. The van der Waals surface area contributed by atoms with E-state index in [9.17, 15) is 4.79 Å². The Morgan fingerprint density at radius 2 is 1.06 bits per heavy atom. The number of carbonyl (C=O) groups excluding carboxylic acids is 1. The molecular formula is C33H28OS2. The van der Waals surface area contributed by atoms with Crippen molar-refractivity contribution in [2.75, 3.05) is 0 Å². The summed E-state index contributed by atoms with van der Waals surface area (Å²) in [5.74, 6) is 0.152. The van der Waals surface area contributed by atoms with Gasteiger partial charge >= 0.3 is 0 Å². The van der Waals surface area contributed by atoms with Gasteiger partial charge in [-0.2, -0.15) is 10.9 Å². The number of aryl methyl sites for hydroxylation is 1. The Labute approximate surface area is 220 Å². The van der Waals surface area contributed by atoms with E-state index in [-0.39, 0.29) is 5.78 Å². The normalized spacial score (nSPS) is 11.2. The fraction of sp³-hybridized carbons (Fsp3) is 0.0606. The van der Waals surface area contributed by atoms with Crippen LogP contribution in [0.2, 0.25) is 0 Å². The fourth-order valence-corrected chi connectivity index (χ4v) is 7.20. The Morgan fingerprint density at radius 1 is 0.583 bits per heavy atom. The number of rotatable bonds is 8. The van der Waals surface area contributed by atoms with Gasteiger partial charge in [-0.1, -0.05) is 90.1 Å². The average molecular weight is 505 g/mol. The van der Waals surface area contributed by atoms with Gasteiger partial charge in [0.05, 0.1) is 0 Å². The van der Waals surface area contributed by atoms with Gasteiger partial charge in [-0.05, 0) is 87.8 Å². The van der Waals surface area contributed by atoms with Crippen LogP contribution in [0.15, 0.2) is 158 Å². The molecule has 5 aromatic rings. The van der Waals surface area contributed by atoms with E-state index in [0.29, 0.717) is 6.42 Å². The van der Waals surface area contributed by atoms with Crippen molar-refractivity contribution in [3.05, 3.63) is 150 Å². The van der Waals surface area contributed by atoms with Gasteiger partial charge in [-0.25, -0.2) is 0 Å². The second-order valence-corrected chi connectivity index (χ2v) is 12.1. The first kappa shape index (κ1) is 24.2. The van der Waals surface area contributed by atoms with E-state index in [0.717, 1.165) is 16.7 Å². The summed E-state index contributed by atoms with van der Waals surface area (Å²) < 4.78 is 0. The predicted molar refractivity (Wildman–Crippen MR) is 153 cm³/mol. The molecule has 0 aliphatic rings. The summed E-state index contributed by atoms with van der Waals surface area (Å²) >= 11 is 1.75. The lowest BCUT2D eigenvalue weighted by atomic mass is 10.0. The number of hydrogen-bond donors (Lipinski definition) is 1. The Hall–Kier alpha value is -3.53. The Bertz CT molecular complexity index is 1370. The Balaban J connectivity index is 1.28. The van der Waals surface area contributed by atoms with Crippen molar-refractivity contribution in [1.82, 2.24) is 0 Å². The van der Waals surface area contributed by atoms with Crippen LogP contribution >= 0.6 is 22.7 Å². The van der Waals surface area contributed by atoms with Crippen molar-refractivity contribution >= 4 is 28.4 Å². The molecule has 0 aliphatic carbocycles. The monoisotopic (exact) mass is 504 g/mol. The van der Waals surface area contributed by atoms with E-state index >= 15 is 0 Å². The van der Waals surface area contributed by atoms with E-state index in [1.54, 1.807) is 11.8 Å². The molecule has 0 atom stereocenters. The Kier molecular flexibility index (Phi) is 7.70. The molecule has 0 radical (unpaired) electrons. The molecule has 5 rings (SSSR count). The number of Topliss-reactive ketones (excluding diaryl/α,β-unsaturated/α-hetero) is 1. The summed E-state index contributed by atoms with van der Waals surface area (Å²) in [5, 5.41) is 0. The predicted octanol–water partition coefficient (Wildman–Crippen LogP) is 9.05. The SMILES string of the molecule is Cc1ccc(C(=O)Cc2ccc(Sc3ccc([SH](c4ccccc4)c4ccccc4)cc3)cc2)cc1. The molecule has 3 heteroatoms. The highest BCUT2D eigenvalue weighted by molar-refractivity contribution is 8.17. The van der Waals surface area contributed by atoms with Gasteiger partial charge in [0.25, 0.3) is 0 Å². The van der Waals surface area contributed by atoms with Crippen LogP contribution in [-0.2, 0) is 6.42 Å². The van der Waals surface area contributed by atoms with E-state index in [2.05, 4.69) is 109 Å². The minimum absolute atomic E-state index is 0.152. The lowest BCUT2D eigenvalue weighted by Gasteiger charge is -2.23. The maximum atomic E-state index is 12.6. The molecule has 0 bridgehead atoms. The van der Waals surface area contributed by atoms with Crippen LogP contribution in [0.4, 0.5) is 0 Å². The summed E-state index contributed by atoms with van der Waals surface area (Å²) in [4.78, 5) is 19.0. The molecule has 5 aromatic carbocycles. The first-order valence-corrected chi connectivity index (χ1v) is 14.2. The van der Waals surface area contributed by atoms with Gasteiger partial charge < -0.3 is 0 Å². The van der Waals surface area contributed by atoms with E-state index in [1.807, 2.05) is 31.2 Å². The van der Waals surface area contributed by atoms with Crippen molar-refractivity contribution in [2.24, 2.45) is 0 Å². The van der Waals surface area contributed by atoms with Crippen LogP contribution < -0.4 is 0 Å². The molecule has 0 aromatic heterocycles. The van der Waals surface area contributed by atoms with E-state index < -0.39 is 10.9 Å². The Morgan fingerprint density at radius 3 is 1.58 bits per heavy atom. The second-order valence-electron chi connectivity index (χ2n) is 8.71. The lowest BCUT2D eigenvalue weighted by Crippen LogP contribution is -2.03. The quantitative estimate of drug-likeness (QED) is 0.168. The zero-order valence-electron chi connectivity index (χ0n) is 20.2. The van der Waals surface area contributed by atoms with Crippen LogP contribution in [-0.4, -0.2) is 5.78 Å².